The van der Waals surface area contributed by atoms with Gasteiger partial charge in [0.1, 0.15) is 0 Å². The molecule has 146 valence electrons. The maximum atomic E-state index is 12.8. The van der Waals surface area contributed by atoms with Crippen LogP contribution in [0.25, 0.3) is 0 Å². The van der Waals surface area contributed by atoms with Crippen LogP contribution in [-0.4, -0.2) is 38.2 Å². The highest BCUT2D eigenvalue weighted by molar-refractivity contribution is 5.97. The Labute approximate surface area is 161 Å². The molecule has 3 aliphatic rings. The van der Waals surface area contributed by atoms with Crippen LogP contribution in [0.4, 0.5) is 0 Å². The molecule has 1 spiro atoms. The molecule has 27 heavy (non-hydrogen) atoms. The first-order valence-corrected chi connectivity index (χ1v) is 9.97. The monoisotopic (exact) mass is 371 g/mol. The molecule has 1 N–H and O–H groups in total. The van der Waals surface area contributed by atoms with Crippen molar-refractivity contribution < 1.29 is 19.0 Å². The highest BCUT2D eigenvalue weighted by Crippen LogP contribution is 2.62. The summed E-state index contributed by atoms with van der Waals surface area (Å²) in [6.07, 6.45) is 6.29. The summed E-state index contributed by atoms with van der Waals surface area (Å²) in [6, 6.07) is 4.47. The molecule has 4 rings (SSSR count). The fourth-order valence-electron chi connectivity index (χ4n) is 5.21. The largest absolute Gasteiger partial charge is 0.493 e. The van der Waals surface area contributed by atoms with Gasteiger partial charge in [-0.15, -0.1) is 0 Å². The molecule has 1 saturated heterocycles. The van der Waals surface area contributed by atoms with Crippen LogP contribution in [-0.2, 0) is 21.4 Å². The van der Waals surface area contributed by atoms with Crippen molar-refractivity contribution >= 4 is 5.78 Å². The molecule has 5 heteroatoms. The van der Waals surface area contributed by atoms with Crippen molar-refractivity contribution in [2.75, 3.05) is 20.8 Å². The average Bonchev–Trinajstić information content (AvgIpc) is 3.39. The summed E-state index contributed by atoms with van der Waals surface area (Å²) in [5.74, 6) is 2.11. The van der Waals surface area contributed by atoms with Gasteiger partial charge in [0.2, 0.25) is 0 Å². The summed E-state index contributed by atoms with van der Waals surface area (Å²) >= 11 is 0. The lowest BCUT2D eigenvalue weighted by atomic mass is 9.56. The van der Waals surface area contributed by atoms with Crippen LogP contribution >= 0.6 is 0 Å². The SMILES string of the molecule is CCCCOc1c(OC)ccc2c1[C@]1(CC)CC(=O)C(OC)=CC13NC3C2. The Morgan fingerprint density at radius 1 is 1.22 bits per heavy atom. The number of fused-ring (bicyclic) bond motifs is 2. The first kappa shape index (κ1) is 18.4. The van der Waals surface area contributed by atoms with Gasteiger partial charge in [-0.05, 0) is 37.0 Å². The van der Waals surface area contributed by atoms with Gasteiger partial charge in [0.25, 0.3) is 0 Å². The van der Waals surface area contributed by atoms with Gasteiger partial charge in [0.15, 0.2) is 23.0 Å². The van der Waals surface area contributed by atoms with Gasteiger partial charge < -0.3 is 19.5 Å². The molecule has 0 bridgehead atoms. The summed E-state index contributed by atoms with van der Waals surface area (Å²) in [5, 5.41) is 3.70. The molecular weight excluding hydrogens is 342 g/mol. The summed E-state index contributed by atoms with van der Waals surface area (Å²) in [6.45, 7) is 4.97. The van der Waals surface area contributed by atoms with Gasteiger partial charge in [0.05, 0.1) is 26.4 Å². The van der Waals surface area contributed by atoms with Gasteiger partial charge in [-0.3, -0.25) is 4.79 Å². The smallest absolute Gasteiger partial charge is 0.198 e. The number of rotatable bonds is 7. The van der Waals surface area contributed by atoms with Crippen molar-refractivity contribution in [1.29, 1.82) is 0 Å². The average molecular weight is 371 g/mol. The Bertz CT molecular complexity index is 802. The molecule has 1 aromatic rings. The molecule has 3 atom stereocenters. The zero-order chi connectivity index (χ0) is 19.2. The summed E-state index contributed by atoms with van der Waals surface area (Å²) in [5.41, 5.74) is 1.85. The minimum absolute atomic E-state index is 0.0626. The van der Waals surface area contributed by atoms with E-state index in [4.69, 9.17) is 14.2 Å². The Hall–Kier alpha value is -2.01. The van der Waals surface area contributed by atoms with Crippen molar-refractivity contribution in [3.05, 3.63) is 35.1 Å². The highest BCUT2D eigenvalue weighted by atomic mass is 16.5. The zero-order valence-electron chi connectivity index (χ0n) is 16.7. The first-order valence-electron chi connectivity index (χ1n) is 9.97. The second kappa shape index (κ2) is 6.55. The van der Waals surface area contributed by atoms with Crippen LogP contribution in [0.3, 0.4) is 0 Å². The van der Waals surface area contributed by atoms with E-state index in [1.807, 2.05) is 12.1 Å². The van der Waals surface area contributed by atoms with Gasteiger partial charge in [-0.25, -0.2) is 0 Å². The molecule has 1 heterocycles. The molecule has 0 aromatic heterocycles. The second-order valence-corrected chi connectivity index (χ2v) is 7.85. The van der Waals surface area contributed by atoms with Crippen molar-refractivity contribution in [1.82, 2.24) is 5.32 Å². The number of ketones is 1. The van der Waals surface area contributed by atoms with Gasteiger partial charge in [0, 0.05) is 23.4 Å². The molecule has 1 aliphatic heterocycles. The second-order valence-electron chi connectivity index (χ2n) is 7.85. The number of hydrogen-bond donors (Lipinski definition) is 1. The van der Waals surface area contributed by atoms with Crippen molar-refractivity contribution in [3.8, 4) is 11.5 Å². The topological polar surface area (TPSA) is 66.7 Å². The number of methoxy groups -OCH3 is 2. The molecule has 5 nitrogen and oxygen atoms in total. The van der Waals surface area contributed by atoms with Crippen LogP contribution in [0.15, 0.2) is 24.0 Å². The van der Waals surface area contributed by atoms with E-state index in [0.717, 1.165) is 42.7 Å². The van der Waals surface area contributed by atoms with Crippen LogP contribution in [0.5, 0.6) is 11.5 Å². The fraction of sp³-hybridized carbons (Fsp3) is 0.591. The van der Waals surface area contributed by atoms with Crippen LogP contribution in [0.2, 0.25) is 0 Å². The van der Waals surface area contributed by atoms with E-state index in [2.05, 4.69) is 25.2 Å². The Balaban J connectivity index is 1.90. The number of ether oxygens (including phenoxy) is 3. The third-order valence-electron chi connectivity index (χ3n) is 6.67. The maximum Gasteiger partial charge on any atom is 0.198 e. The Kier molecular flexibility index (Phi) is 4.46. The van der Waals surface area contributed by atoms with Crippen LogP contribution in [0.1, 0.15) is 50.7 Å². The van der Waals surface area contributed by atoms with Crippen LogP contribution in [0, 0.1) is 0 Å². The van der Waals surface area contributed by atoms with Crippen molar-refractivity contribution in [2.24, 2.45) is 0 Å². The Morgan fingerprint density at radius 2 is 2.04 bits per heavy atom. The van der Waals surface area contributed by atoms with Crippen molar-refractivity contribution in [2.45, 2.75) is 62.9 Å². The van der Waals surface area contributed by atoms with Gasteiger partial charge in [-0.2, -0.15) is 0 Å². The number of hydrogen-bond acceptors (Lipinski definition) is 5. The molecule has 0 saturated carbocycles. The number of allylic oxidation sites excluding steroid dienone is 1. The summed E-state index contributed by atoms with van der Waals surface area (Å²) in [4.78, 5) is 12.8. The van der Waals surface area contributed by atoms with Crippen LogP contribution < -0.4 is 14.8 Å². The van der Waals surface area contributed by atoms with E-state index in [0.29, 0.717) is 24.8 Å². The molecule has 0 amide bonds. The zero-order valence-corrected chi connectivity index (χ0v) is 16.7. The summed E-state index contributed by atoms with van der Waals surface area (Å²) < 4.78 is 17.3. The normalized spacial score (nSPS) is 30.6. The maximum absolute atomic E-state index is 12.8. The lowest BCUT2D eigenvalue weighted by Crippen LogP contribution is -2.52. The molecular formula is C22H29NO4. The number of nitrogens with one attached hydrogen (secondary N) is 1. The van der Waals surface area contributed by atoms with E-state index in [1.165, 1.54) is 5.56 Å². The lowest BCUT2D eigenvalue weighted by Gasteiger charge is -2.46. The minimum Gasteiger partial charge on any atom is -0.493 e. The molecule has 2 aliphatic carbocycles. The van der Waals surface area contributed by atoms with Gasteiger partial charge >= 0.3 is 0 Å². The van der Waals surface area contributed by atoms with Gasteiger partial charge in [-0.1, -0.05) is 26.3 Å². The summed E-state index contributed by atoms with van der Waals surface area (Å²) in [7, 11) is 3.26. The third-order valence-corrected chi connectivity index (χ3v) is 6.67. The standard InChI is InChI=1S/C22H29NO4/c1-5-7-10-27-20-16(25-3)9-8-14-11-18-22(23-18)13-17(26-4)15(24)12-21(22,6-2)19(14)20/h8-9,13,18,23H,5-7,10-12H2,1-4H3/t18?,21-,22?/m0/s1. The molecule has 2 unspecified atom stereocenters. The van der Waals surface area contributed by atoms with E-state index < -0.39 is 0 Å². The molecule has 0 radical (unpaired) electrons. The molecule has 1 fully saturated rings. The highest BCUT2D eigenvalue weighted by Gasteiger charge is 2.70. The van der Waals surface area contributed by atoms with E-state index >= 15 is 0 Å². The minimum atomic E-state index is -0.333. The number of Topliss-reactive ketones (excluding diaryl/α,β-unsaturated/α-hetero) is 1. The number of benzene rings is 1. The quantitative estimate of drug-likeness (QED) is 0.588. The van der Waals surface area contributed by atoms with E-state index in [9.17, 15) is 4.79 Å². The van der Waals surface area contributed by atoms with E-state index in [-0.39, 0.29) is 16.7 Å². The van der Waals surface area contributed by atoms with E-state index in [1.54, 1.807) is 14.2 Å². The number of carbonyl (C=O) groups is 1. The molecule has 1 aromatic carbocycles. The predicted molar refractivity (Wildman–Crippen MR) is 103 cm³/mol. The van der Waals surface area contributed by atoms with Crippen molar-refractivity contribution in [3.63, 3.8) is 0 Å². The number of carbonyl (C=O) groups excluding carboxylic acids is 1. The Morgan fingerprint density at radius 3 is 2.70 bits per heavy atom. The fourth-order valence-corrected chi connectivity index (χ4v) is 5.21. The lowest BCUT2D eigenvalue weighted by molar-refractivity contribution is -0.121. The predicted octanol–water partition coefficient (Wildman–Crippen LogP) is 3.29. The number of unbranched alkanes of at least 4 members (excludes halogenated alkanes) is 1. The third kappa shape index (κ3) is 2.44. The first-order chi connectivity index (χ1) is 13.1.